The van der Waals surface area contributed by atoms with Crippen LogP contribution in [0, 0.1) is 5.82 Å². The number of nitrogens with zero attached hydrogens (tertiary/aromatic N) is 6. The van der Waals surface area contributed by atoms with Crippen LogP contribution in [-0.2, 0) is 7.05 Å². The first-order valence-corrected chi connectivity index (χ1v) is 9.96. The number of aromatic nitrogens is 5. The highest BCUT2D eigenvalue weighted by Gasteiger charge is 2.17. The van der Waals surface area contributed by atoms with Gasteiger partial charge in [0, 0.05) is 31.4 Å². The van der Waals surface area contributed by atoms with E-state index in [1.807, 2.05) is 38.4 Å². The summed E-state index contributed by atoms with van der Waals surface area (Å²) in [4.78, 5) is 32.0. The molecule has 0 radical (unpaired) electrons. The quantitative estimate of drug-likeness (QED) is 0.492. The fourth-order valence-electron chi connectivity index (χ4n) is 3.21. The lowest BCUT2D eigenvalue weighted by Gasteiger charge is -2.12. The molecule has 0 spiro atoms. The number of nitrogens with one attached hydrogen (secondary N) is 1. The van der Waals surface area contributed by atoms with E-state index in [-0.39, 0.29) is 17.0 Å². The zero-order chi connectivity index (χ0) is 22.8. The molecule has 2 heterocycles. The van der Waals surface area contributed by atoms with Gasteiger partial charge < -0.3 is 10.2 Å². The van der Waals surface area contributed by atoms with Gasteiger partial charge >= 0.3 is 5.69 Å². The van der Waals surface area contributed by atoms with Gasteiger partial charge in [0.25, 0.3) is 5.56 Å². The fourth-order valence-corrected chi connectivity index (χ4v) is 3.21. The Morgan fingerprint density at radius 3 is 2.34 bits per heavy atom. The average Bonchev–Trinajstić information content (AvgIpc) is 2.79. The van der Waals surface area contributed by atoms with E-state index in [0.29, 0.717) is 11.3 Å². The molecule has 0 aliphatic heterocycles. The number of likely N-dealkylation sites (N-methyl/N-ethyl adjacent to an activating group) is 1. The van der Waals surface area contributed by atoms with Crippen LogP contribution in [0.25, 0.3) is 28.2 Å². The van der Waals surface area contributed by atoms with Gasteiger partial charge in [0.1, 0.15) is 5.82 Å². The maximum atomic E-state index is 13.3. The zero-order valence-corrected chi connectivity index (χ0v) is 17.9. The highest BCUT2D eigenvalue weighted by molar-refractivity contribution is 5.73. The van der Waals surface area contributed by atoms with Crippen LogP contribution < -0.4 is 16.6 Å². The van der Waals surface area contributed by atoms with Gasteiger partial charge in [0.2, 0.25) is 0 Å². The van der Waals surface area contributed by atoms with Gasteiger partial charge in [-0.3, -0.25) is 9.36 Å². The van der Waals surface area contributed by atoms with Crippen LogP contribution in [0.15, 0.2) is 58.1 Å². The van der Waals surface area contributed by atoms with Crippen LogP contribution in [-0.4, -0.2) is 56.4 Å². The molecule has 164 valence electrons. The van der Waals surface area contributed by atoms with E-state index in [0.717, 1.165) is 23.3 Å². The molecule has 2 aromatic heterocycles. The molecule has 0 amide bonds. The Morgan fingerprint density at radius 2 is 1.69 bits per heavy atom. The van der Waals surface area contributed by atoms with Crippen LogP contribution in [0.3, 0.4) is 0 Å². The van der Waals surface area contributed by atoms with E-state index < -0.39 is 17.1 Å². The Balaban J connectivity index is 1.75. The van der Waals surface area contributed by atoms with Crippen molar-refractivity contribution in [1.29, 1.82) is 0 Å². The Morgan fingerprint density at radius 1 is 1.00 bits per heavy atom. The summed E-state index contributed by atoms with van der Waals surface area (Å²) in [5, 5.41) is 11.6. The lowest BCUT2D eigenvalue weighted by Crippen LogP contribution is -2.38. The van der Waals surface area contributed by atoms with Gasteiger partial charge in [-0.1, -0.05) is 0 Å². The Kier molecular flexibility index (Phi) is 5.78. The monoisotopic (exact) mass is 435 g/mol. The molecule has 10 heteroatoms. The summed E-state index contributed by atoms with van der Waals surface area (Å²) < 4.78 is 15.5. The van der Waals surface area contributed by atoms with Crippen molar-refractivity contribution in [2.45, 2.75) is 0 Å². The summed E-state index contributed by atoms with van der Waals surface area (Å²) in [6.07, 6.45) is 0. The van der Waals surface area contributed by atoms with Crippen LogP contribution in [0.1, 0.15) is 0 Å². The van der Waals surface area contributed by atoms with E-state index in [9.17, 15) is 14.0 Å². The number of rotatable bonds is 6. The van der Waals surface area contributed by atoms with Crippen molar-refractivity contribution in [2.24, 2.45) is 7.05 Å². The van der Waals surface area contributed by atoms with Crippen molar-refractivity contribution in [2.75, 3.05) is 32.5 Å². The zero-order valence-electron chi connectivity index (χ0n) is 17.9. The van der Waals surface area contributed by atoms with Crippen molar-refractivity contribution < 1.29 is 4.39 Å². The Bertz CT molecular complexity index is 1380. The summed E-state index contributed by atoms with van der Waals surface area (Å²) in [6, 6.07) is 12.8. The van der Waals surface area contributed by atoms with E-state index in [1.165, 1.54) is 35.9 Å². The van der Waals surface area contributed by atoms with E-state index in [1.54, 1.807) is 0 Å². The lowest BCUT2D eigenvalue weighted by molar-refractivity contribution is 0.425. The molecule has 0 atom stereocenters. The molecule has 0 unspecified atom stereocenters. The van der Waals surface area contributed by atoms with Crippen molar-refractivity contribution >= 4 is 16.9 Å². The van der Waals surface area contributed by atoms with Gasteiger partial charge in [0.15, 0.2) is 17.0 Å². The minimum atomic E-state index is -0.619. The highest BCUT2D eigenvalue weighted by Crippen LogP contribution is 2.19. The van der Waals surface area contributed by atoms with Gasteiger partial charge in [-0.2, -0.15) is 0 Å². The maximum absolute atomic E-state index is 13.3. The predicted octanol–water partition coefficient (Wildman–Crippen LogP) is 1.65. The number of halogens is 1. The number of anilines is 1. The van der Waals surface area contributed by atoms with Gasteiger partial charge in [-0.25, -0.2) is 18.7 Å². The largest absolute Gasteiger partial charge is 0.384 e. The van der Waals surface area contributed by atoms with Crippen molar-refractivity contribution in [3.05, 3.63) is 75.2 Å². The second kappa shape index (κ2) is 8.67. The molecule has 4 aromatic rings. The normalized spacial score (nSPS) is 11.3. The standard InChI is InChI=1S/C22H22FN7O2/c1-28(2)13-12-24-16-8-4-14(5-9-16)19-25-18-20(27-26-19)30(22(32)29(3)21(18)31)17-10-6-15(23)7-11-17/h4-11,24H,12-13H2,1-3H3. The number of fused-ring (bicyclic) bond motifs is 1. The second-order valence-electron chi connectivity index (χ2n) is 7.57. The molecule has 2 aromatic carbocycles. The first kappa shape index (κ1) is 21.3. The summed E-state index contributed by atoms with van der Waals surface area (Å²) in [7, 11) is 5.38. The predicted molar refractivity (Wildman–Crippen MR) is 121 cm³/mol. The summed E-state index contributed by atoms with van der Waals surface area (Å²) >= 11 is 0. The van der Waals surface area contributed by atoms with Crippen LogP contribution in [0.5, 0.6) is 0 Å². The first-order valence-electron chi connectivity index (χ1n) is 9.96. The summed E-state index contributed by atoms with van der Waals surface area (Å²) in [5.74, 6) is -0.180. The highest BCUT2D eigenvalue weighted by atomic mass is 19.1. The molecule has 0 saturated carbocycles. The number of hydrogen-bond acceptors (Lipinski definition) is 7. The van der Waals surface area contributed by atoms with Crippen molar-refractivity contribution in [3.8, 4) is 17.1 Å². The topological polar surface area (TPSA) is 97.9 Å². The molecule has 0 bridgehead atoms. The third-order valence-electron chi connectivity index (χ3n) is 4.98. The van der Waals surface area contributed by atoms with Gasteiger partial charge in [0.05, 0.1) is 5.69 Å². The number of benzene rings is 2. The SMILES string of the molecule is CN(C)CCNc1ccc(-c2nnc3c(n2)c(=O)n(C)c(=O)n3-c2ccc(F)cc2)cc1. The minimum Gasteiger partial charge on any atom is -0.384 e. The average molecular weight is 435 g/mol. The molecular weight excluding hydrogens is 413 g/mol. The van der Waals surface area contributed by atoms with Gasteiger partial charge in [-0.15, -0.1) is 10.2 Å². The third-order valence-corrected chi connectivity index (χ3v) is 4.98. The molecule has 32 heavy (non-hydrogen) atoms. The third kappa shape index (κ3) is 4.12. The Hall–Kier alpha value is -3.92. The molecule has 9 nitrogen and oxygen atoms in total. The van der Waals surface area contributed by atoms with E-state index >= 15 is 0 Å². The van der Waals surface area contributed by atoms with E-state index in [2.05, 4.69) is 25.4 Å². The molecule has 0 fully saturated rings. The van der Waals surface area contributed by atoms with Crippen LogP contribution >= 0.6 is 0 Å². The fraction of sp³-hybridized carbons (Fsp3) is 0.227. The Labute approximate surface area is 182 Å². The molecule has 0 aliphatic carbocycles. The van der Waals surface area contributed by atoms with Crippen molar-refractivity contribution in [1.82, 2.24) is 29.2 Å². The molecule has 0 saturated heterocycles. The van der Waals surface area contributed by atoms with Crippen molar-refractivity contribution in [3.63, 3.8) is 0 Å². The summed E-state index contributed by atoms with van der Waals surface area (Å²) in [6.45, 7) is 1.70. The minimum absolute atomic E-state index is 0.00499. The van der Waals surface area contributed by atoms with Crippen LogP contribution in [0.2, 0.25) is 0 Å². The van der Waals surface area contributed by atoms with Crippen LogP contribution in [0.4, 0.5) is 10.1 Å². The number of hydrogen-bond donors (Lipinski definition) is 1. The second-order valence-corrected chi connectivity index (χ2v) is 7.57. The molecule has 0 aliphatic rings. The summed E-state index contributed by atoms with van der Waals surface area (Å²) in [5.41, 5.74) is 0.788. The lowest BCUT2D eigenvalue weighted by atomic mass is 10.2. The first-order chi connectivity index (χ1) is 15.3. The molecule has 4 rings (SSSR count). The molecule has 1 N–H and O–H groups in total. The van der Waals surface area contributed by atoms with E-state index in [4.69, 9.17) is 0 Å². The molecular formula is C22H22FN7O2. The van der Waals surface area contributed by atoms with Gasteiger partial charge in [-0.05, 0) is 62.6 Å². The smallest absolute Gasteiger partial charge is 0.337 e. The maximum Gasteiger partial charge on any atom is 0.337 e.